The molecular weight excluding hydrogens is 272 g/mol. The van der Waals surface area contributed by atoms with E-state index in [1.54, 1.807) is 18.2 Å². The van der Waals surface area contributed by atoms with E-state index < -0.39 is 10.0 Å². The van der Waals surface area contributed by atoms with Crippen molar-refractivity contribution in [2.75, 3.05) is 13.6 Å². The van der Waals surface area contributed by atoms with Crippen molar-refractivity contribution in [2.24, 2.45) is 11.1 Å². The zero-order valence-electron chi connectivity index (χ0n) is 12.2. The number of nitrogens with zero attached hydrogens (tertiary/aromatic N) is 1. The van der Waals surface area contributed by atoms with Crippen LogP contribution in [0.2, 0.25) is 0 Å². The fraction of sp³-hybridized carbons (Fsp3) is 0.600. The van der Waals surface area contributed by atoms with Crippen molar-refractivity contribution >= 4 is 10.0 Å². The van der Waals surface area contributed by atoms with Crippen LogP contribution in [0.4, 0.5) is 0 Å². The van der Waals surface area contributed by atoms with E-state index in [4.69, 9.17) is 5.14 Å². The smallest absolute Gasteiger partial charge is 0.238 e. The minimum absolute atomic E-state index is 0.191. The third kappa shape index (κ3) is 3.81. The van der Waals surface area contributed by atoms with Crippen LogP contribution in [0.1, 0.15) is 44.2 Å². The van der Waals surface area contributed by atoms with Gasteiger partial charge in [-0.3, -0.25) is 4.90 Å². The van der Waals surface area contributed by atoms with Gasteiger partial charge in [0, 0.05) is 12.6 Å². The van der Waals surface area contributed by atoms with Crippen molar-refractivity contribution < 1.29 is 8.42 Å². The molecule has 112 valence electrons. The van der Waals surface area contributed by atoms with E-state index >= 15 is 0 Å². The molecule has 1 aromatic rings. The summed E-state index contributed by atoms with van der Waals surface area (Å²) >= 11 is 0. The number of primary sulfonamides is 1. The first-order valence-electron chi connectivity index (χ1n) is 7.21. The lowest BCUT2D eigenvalue weighted by molar-refractivity contribution is 0.221. The SMILES string of the molecule is CC(c1cccc(S(N)(=O)=O)c1)N(C)CC1CCCC1. The molecule has 2 rings (SSSR count). The normalized spacial score (nSPS) is 18.6. The van der Waals surface area contributed by atoms with Crippen molar-refractivity contribution in [3.05, 3.63) is 29.8 Å². The number of benzene rings is 1. The topological polar surface area (TPSA) is 63.4 Å². The lowest BCUT2D eigenvalue weighted by Gasteiger charge is -2.28. The second-order valence-corrected chi connectivity index (χ2v) is 7.44. The van der Waals surface area contributed by atoms with Gasteiger partial charge in [0.1, 0.15) is 0 Å². The minimum atomic E-state index is -3.63. The molecular formula is C15H24N2O2S. The van der Waals surface area contributed by atoms with Crippen LogP contribution in [-0.4, -0.2) is 26.9 Å². The predicted octanol–water partition coefficient (Wildman–Crippen LogP) is 2.52. The van der Waals surface area contributed by atoms with Gasteiger partial charge in [-0.05, 0) is 50.4 Å². The number of sulfonamides is 1. The van der Waals surface area contributed by atoms with Crippen LogP contribution in [0.15, 0.2) is 29.2 Å². The summed E-state index contributed by atoms with van der Waals surface area (Å²) < 4.78 is 22.8. The Morgan fingerprint density at radius 2 is 2.00 bits per heavy atom. The quantitative estimate of drug-likeness (QED) is 0.908. The van der Waals surface area contributed by atoms with E-state index in [9.17, 15) is 8.42 Å². The lowest BCUT2D eigenvalue weighted by Crippen LogP contribution is -2.27. The Hall–Kier alpha value is -0.910. The molecule has 5 heteroatoms. The molecule has 0 bridgehead atoms. The first-order valence-corrected chi connectivity index (χ1v) is 8.75. The Bertz CT molecular complexity index is 551. The van der Waals surface area contributed by atoms with E-state index in [0.717, 1.165) is 18.0 Å². The third-order valence-corrected chi connectivity index (χ3v) is 5.26. The van der Waals surface area contributed by atoms with Gasteiger partial charge in [-0.15, -0.1) is 0 Å². The highest BCUT2D eigenvalue weighted by Crippen LogP contribution is 2.28. The maximum Gasteiger partial charge on any atom is 0.238 e. The Balaban J connectivity index is 2.09. The monoisotopic (exact) mass is 296 g/mol. The van der Waals surface area contributed by atoms with Crippen molar-refractivity contribution in [3.8, 4) is 0 Å². The van der Waals surface area contributed by atoms with E-state index in [2.05, 4.69) is 18.9 Å². The summed E-state index contributed by atoms with van der Waals surface area (Å²) in [4.78, 5) is 2.49. The summed E-state index contributed by atoms with van der Waals surface area (Å²) in [5.41, 5.74) is 0.997. The second kappa shape index (κ2) is 6.24. The summed E-state index contributed by atoms with van der Waals surface area (Å²) in [6, 6.07) is 7.14. The molecule has 1 aliphatic carbocycles. The van der Waals surface area contributed by atoms with Crippen molar-refractivity contribution in [2.45, 2.75) is 43.5 Å². The molecule has 1 aliphatic rings. The minimum Gasteiger partial charge on any atom is -0.299 e. The number of rotatable bonds is 5. The van der Waals surface area contributed by atoms with Gasteiger partial charge in [0.2, 0.25) is 10.0 Å². The Morgan fingerprint density at radius 3 is 2.60 bits per heavy atom. The fourth-order valence-corrected chi connectivity index (χ4v) is 3.53. The Labute approximate surface area is 122 Å². The molecule has 1 unspecified atom stereocenters. The van der Waals surface area contributed by atoms with Crippen molar-refractivity contribution in [1.82, 2.24) is 4.90 Å². The predicted molar refractivity (Wildman–Crippen MR) is 80.8 cm³/mol. The van der Waals surface area contributed by atoms with Crippen LogP contribution in [0.3, 0.4) is 0 Å². The van der Waals surface area contributed by atoms with Gasteiger partial charge in [0.15, 0.2) is 0 Å². The molecule has 20 heavy (non-hydrogen) atoms. The second-order valence-electron chi connectivity index (χ2n) is 5.88. The Kier molecular flexibility index (Phi) is 4.83. The molecule has 0 heterocycles. The van der Waals surface area contributed by atoms with Gasteiger partial charge in [-0.25, -0.2) is 13.6 Å². The van der Waals surface area contributed by atoms with Gasteiger partial charge in [-0.2, -0.15) is 0 Å². The van der Waals surface area contributed by atoms with Crippen LogP contribution in [0.5, 0.6) is 0 Å². The van der Waals surface area contributed by atoms with Crippen LogP contribution >= 0.6 is 0 Å². The molecule has 1 aromatic carbocycles. The lowest BCUT2D eigenvalue weighted by atomic mass is 10.0. The van der Waals surface area contributed by atoms with Gasteiger partial charge < -0.3 is 0 Å². The molecule has 0 amide bonds. The van der Waals surface area contributed by atoms with Gasteiger partial charge >= 0.3 is 0 Å². The van der Waals surface area contributed by atoms with E-state index in [0.29, 0.717) is 0 Å². The molecule has 0 radical (unpaired) electrons. The first-order chi connectivity index (χ1) is 9.38. The van der Waals surface area contributed by atoms with Crippen LogP contribution in [0, 0.1) is 5.92 Å². The molecule has 0 saturated heterocycles. The van der Waals surface area contributed by atoms with Crippen molar-refractivity contribution in [1.29, 1.82) is 0 Å². The molecule has 0 aliphatic heterocycles. The van der Waals surface area contributed by atoms with Gasteiger partial charge in [-0.1, -0.05) is 25.0 Å². The maximum absolute atomic E-state index is 11.4. The van der Waals surface area contributed by atoms with Gasteiger partial charge in [0.05, 0.1) is 4.90 Å². The van der Waals surface area contributed by atoms with E-state index in [1.165, 1.54) is 25.7 Å². The largest absolute Gasteiger partial charge is 0.299 e. The summed E-state index contributed by atoms with van der Waals surface area (Å²) in [5.74, 6) is 0.781. The van der Waals surface area contributed by atoms with Gasteiger partial charge in [0.25, 0.3) is 0 Å². The summed E-state index contributed by atoms with van der Waals surface area (Å²) in [6.45, 7) is 3.18. The number of nitrogens with two attached hydrogens (primary N) is 1. The molecule has 1 atom stereocenters. The maximum atomic E-state index is 11.4. The average Bonchev–Trinajstić information content (AvgIpc) is 2.90. The highest BCUT2D eigenvalue weighted by molar-refractivity contribution is 7.89. The standard InChI is InChI=1S/C15H24N2O2S/c1-12(17(2)11-13-6-3-4-7-13)14-8-5-9-15(10-14)20(16,18)19/h5,8-10,12-13H,3-4,6-7,11H2,1-2H3,(H2,16,18,19). The fourth-order valence-electron chi connectivity index (χ4n) is 2.96. The number of hydrogen-bond acceptors (Lipinski definition) is 3. The zero-order valence-corrected chi connectivity index (χ0v) is 13.1. The average molecular weight is 296 g/mol. The molecule has 1 fully saturated rings. The highest BCUT2D eigenvalue weighted by Gasteiger charge is 2.20. The van der Waals surface area contributed by atoms with Crippen molar-refractivity contribution in [3.63, 3.8) is 0 Å². The van der Waals surface area contributed by atoms with Crippen LogP contribution < -0.4 is 5.14 Å². The highest BCUT2D eigenvalue weighted by atomic mass is 32.2. The summed E-state index contributed by atoms with van der Waals surface area (Å²) in [5, 5.41) is 5.19. The third-order valence-electron chi connectivity index (χ3n) is 4.35. The van der Waals surface area contributed by atoms with E-state index in [-0.39, 0.29) is 10.9 Å². The zero-order chi connectivity index (χ0) is 14.8. The molecule has 2 N–H and O–H groups in total. The van der Waals surface area contributed by atoms with Crippen LogP contribution in [-0.2, 0) is 10.0 Å². The molecule has 1 saturated carbocycles. The number of hydrogen-bond donors (Lipinski definition) is 1. The molecule has 0 spiro atoms. The van der Waals surface area contributed by atoms with E-state index in [1.807, 2.05) is 6.07 Å². The van der Waals surface area contributed by atoms with Crippen LogP contribution in [0.25, 0.3) is 0 Å². The Morgan fingerprint density at radius 1 is 1.35 bits per heavy atom. The summed E-state index contributed by atoms with van der Waals surface area (Å²) in [7, 11) is -1.52. The first kappa shape index (κ1) is 15.5. The molecule has 4 nitrogen and oxygen atoms in total. The molecule has 0 aromatic heterocycles. The summed E-state index contributed by atoms with van der Waals surface area (Å²) in [6.07, 6.45) is 5.31.